The summed E-state index contributed by atoms with van der Waals surface area (Å²) in [5.74, 6) is -1.37. The molecule has 1 aromatic carbocycles. The van der Waals surface area contributed by atoms with Crippen molar-refractivity contribution in [3.05, 3.63) is 46.0 Å². The Morgan fingerprint density at radius 1 is 1.19 bits per heavy atom. The molecule has 0 aliphatic heterocycles. The minimum atomic E-state index is -1.06. The number of pyridine rings is 1. The Hall–Kier alpha value is -2.83. The molecular formula is C25H31FN2O4. The number of carboxylic acid groups (broad SMARTS) is 1. The van der Waals surface area contributed by atoms with Gasteiger partial charge in [0.2, 0.25) is 5.43 Å². The molecule has 0 spiro atoms. The van der Waals surface area contributed by atoms with Crippen molar-refractivity contribution in [3.63, 3.8) is 0 Å². The van der Waals surface area contributed by atoms with Gasteiger partial charge in [0.05, 0.1) is 22.8 Å². The highest BCUT2D eigenvalue weighted by molar-refractivity contribution is 5.84. The maximum atomic E-state index is 15.0. The molecule has 2 aliphatic rings. The van der Waals surface area contributed by atoms with Crippen LogP contribution in [0.5, 0.6) is 5.75 Å². The van der Waals surface area contributed by atoms with Crippen LogP contribution in [0.2, 0.25) is 0 Å². The summed E-state index contributed by atoms with van der Waals surface area (Å²) >= 11 is 0. The van der Waals surface area contributed by atoms with Crippen LogP contribution in [0, 0.1) is 5.82 Å². The number of carbonyl (C=O) groups is 1. The molecule has 2 aliphatic carbocycles. The van der Waals surface area contributed by atoms with Gasteiger partial charge in [0, 0.05) is 18.2 Å². The van der Waals surface area contributed by atoms with Gasteiger partial charge in [-0.3, -0.25) is 4.79 Å². The first-order valence-corrected chi connectivity index (χ1v) is 11.6. The van der Waals surface area contributed by atoms with E-state index in [2.05, 4.69) is 9.88 Å². The zero-order valence-corrected chi connectivity index (χ0v) is 18.5. The van der Waals surface area contributed by atoms with E-state index >= 15 is 4.39 Å². The summed E-state index contributed by atoms with van der Waals surface area (Å²) in [6.07, 6.45) is 12.6. The molecule has 0 atom stereocenters. The highest BCUT2D eigenvalue weighted by Crippen LogP contribution is 2.34. The number of anilines is 1. The van der Waals surface area contributed by atoms with Crippen LogP contribution in [0.1, 0.15) is 70.8 Å². The van der Waals surface area contributed by atoms with Gasteiger partial charge in [-0.25, -0.2) is 9.18 Å². The lowest BCUT2D eigenvalue weighted by Gasteiger charge is -2.25. The molecule has 6 nitrogen and oxygen atoms in total. The van der Waals surface area contributed by atoms with Gasteiger partial charge in [0.1, 0.15) is 12.4 Å². The van der Waals surface area contributed by atoms with Gasteiger partial charge in [0.15, 0.2) is 5.75 Å². The average Bonchev–Trinajstić information content (AvgIpc) is 3.29. The van der Waals surface area contributed by atoms with Crippen LogP contribution < -0.4 is 15.5 Å². The minimum absolute atomic E-state index is 0.0124. The highest BCUT2D eigenvalue weighted by Gasteiger charge is 2.23. The van der Waals surface area contributed by atoms with Crippen LogP contribution in [0.4, 0.5) is 10.1 Å². The van der Waals surface area contributed by atoms with E-state index in [1.165, 1.54) is 12.5 Å². The number of aliphatic carboxylic acids is 1. The van der Waals surface area contributed by atoms with Gasteiger partial charge in [0.25, 0.3) is 0 Å². The number of ether oxygens (including phenoxy) is 1. The zero-order chi connectivity index (χ0) is 22.7. The predicted octanol–water partition coefficient (Wildman–Crippen LogP) is 5.41. The first-order valence-electron chi connectivity index (χ1n) is 11.6. The normalized spacial score (nSPS) is 18.2. The molecule has 0 amide bonds. The van der Waals surface area contributed by atoms with Gasteiger partial charge < -0.3 is 19.7 Å². The Kier molecular flexibility index (Phi) is 6.82. The molecule has 32 heavy (non-hydrogen) atoms. The lowest BCUT2D eigenvalue weighted by atomic mass is 9.95. The molecule has 1 heterocycles. The number of benzene rings is 1. The standard InChI is InChI=1S/C25H31FN2O4/c1-16(11-24(29)30)15-32-23-14-28(18-9-5-6-10-18)22-13-21(20(26)12-19(22)25(23)31)27-17-7-3-2-4-8-17/h11-14,17-18,27H,2-10,15H2,1H3,(H,29,30)/b16-11+. The molecule has 7 heteroatoms. The molecule has 1 aromatic heterocycles. The van der Waals surface area contributed by atoms with Crippen molar-refractivity contribution >= 4 is 22.6 Å². The Bertz CT molecular complexity index is 1080. The van der Waals surface area contributed by atoms with Crippen molar-refractivity contribution in [3.8, 4) is 5.75 Å². The summed E-state index contributed by atoms with van der Waals surface area (Å²) in [7, 11) is 0. The maximum absolute atomic E-state index is 15.0. The molecule has 0 bridgehead atoms. The van der Waals surface area contributed by atoms with Crippen molar-refractivity contribution < 1.29 is 19.0 Å². The van der Waals surface area contributed by atoms with E-state index in [9.17, 15) is 9.59 Å². The Balaban J connectivity index is 1.73. The number of hydrogen-bond donors (Lipinski definition) is 2. The van der Waals surface area contributed by atoms with Crippen molar-refractivity contribution in [1.29, 1.82) is 0 Å². The number of fused-ring (bicyclic) bond motifs is 1. The van der Waals surface area contributed by atoms with E-state index in [-0.39, 0.29) is 29.9 Å². The zero-order valence-electron chi connectivity index (χ0n) is 18.5. The summed E-state index contributed by atoms with van der Waals surface area (Å²) in [6.45, 7) is 1.62. The number of aromatic nitrogens is 1. The van der Waals surface area contributed by atoms with Crippen molar-refractivity contribution in [1.82, 2.24) is 4.57 Å². The average molecular weight is 443 g/mol. The largest absolute Gasteiger partial charge is 0.484 e. The quantitative estimate of drug-likeness (QED) is 0.561. The second-order valence-electron chi connectivity index (χ2n) is 9.11. The maximum Gasteiger partial charge on any atom is 0.328 e. The summed E-state index contributed by atoms with van der Waals surface area (Å²) in [4.78, 5) is 24.0. The van der Waals surface area contributed by atoms with Gasteiger partial charge >= 0.3 is 5.97 Å². The van der Waals surface area contributed by atoms with Crippen molar-refractivity contribution in [2.45, 2.75) is 76.8 Å². The second-order valence-corrected chi connectivity index (χ2v) is 9.11. The van der Waals surface area contributed by atoms with Gasteiger partial charge in [-0.15, -0.1) is 0 Å². The molecular weight excluding hydrogens is 411 g/mol. The van der Waals surface area contributed by atoms with E-state index in [1.807, 2.05) is 0 Å². The first kappa shape index (κ1) is 22.4. The molecule has 2 fully saturated rings. The van der Waals surface area contributed by atoms with E-state index in [0.717, 1.165) is 57.4 Å². The van der Waals surface area contributed by atoms with Gasteiger partial charge in [-0.1, -0.05) is 32.1 Å². The van der Waals surface area contributed by atoms with Crippen molar-refractivity contribution in [2.24, 2.45) is 0 Å². The number of nitrogens with zero attached hydrogens (tertiary/aromatic N) is 1. The minimum Gasteiger partial charge on any atom is -0.484 e. The van der Waals surface area contributed by atoms with Crippen LogP contribution in [-0.4, -0.2) is 28.3 Å². The van der Waals surface area contributed by atoms with Crippen LogP contribution >= 0.6 is 0 Å². The Morgan fingerprint density at radius 3 is 2.56 bits per heavy atom. The summed E-state index contributed by atoms with van der Waals surface area (Å²) in [5.41, 5.74) is 1.28. The molecule has 0 unspecified atom stereocenters. The lowest BCUT2D eigenvalue weighted by molar-refractivity contribution is -0.131. The van der Waals surface area contributed by atoms with Gasteiger partial charge in [-0.2, -0.15) is 0 Å². The third-order valence-electron chi connectivity index (χ3n) is 6.60. The third kappa shape index (κ3) is 4.97. The number of carboxylic acids is 1. The number of halogens is 1. The second kappa shape index (κ2) is 9.76. The lowest BCUT2D eigenvalue weighted by Crippen LogP contribution is -2.23. The Labute approximate surface area is 187 Å². The SMILES string of the molecule is C/C(=C\C(=O)O)COc1cn(C2CCCC2)c2cc(NC3CCCCC3)c(F)cc2c1=O. The highest BCUT2D eigenvalue weighted by atomic mass is 19.1. The summed E-state index contributed by atoms with van der Waals surface area (Å²) < 4.78 is 22.8. The first-order chi connectivity index (χ1) is 15.4. The van der Waals surface area contributed by atoms with E-state index in [4.69, 9.17) is 9.84 Å². The third-order valence-corrected chi connectivity index (χ3v) is 6.60. The number of rotatable bonds is 7. The van der Waals surface area contributed by atoms with Crippen molar-refractivity contribution in [2.75, 3.05) is 11.9 Å². The monoisotopic (exact) mass is 442 g/mol. The Morgan fingerprint density at radius 2 is 1.88 bits per heavy atom. The molecule has 2 saturated carbocycles. The molecule has 0 saturated heterocycles. The van der Waals surface area contributed by atoms with Gasteiger partial charge in [-0.05, 0) is 50.3 Å². The van der Waals surface area contributed by atoms with Crippen LogP contribution in [0.3, 0.4) is 0 Å². The van der Waals surface area contributed by atoms with Crippen LogP contribution in [0.15, 0.2) is 34.8 Å². The molecule has 172 valence electrons. The van der Waals surface area contributed by atoms with E-state index in [0.29, 0.717) is 22.2 Å². The number of hydrogen-bond acceptors (Lipinski definition) is 4. The topological polar surface area (TPSA) is 80.6 Å². The molecule has 4 rings (SSSR count). The fraction of sp³-hybridized carbons (Fsp3) is 0.520. The summed E-state index contributed by atoms with van der Waals surface area (Å²) in [6, 6.07) is 3.58. The fourth-order valence-corrected chi connectivity index (χ4v) is 4.95. The molecule has 0 radical (unpaired) electrons. The molecule has 2 N–H and O–H groups in total. The number of nitrogens with one attached hydrogen (secondary N) is 1. The summed E-state index contributed by atoms with van der Waals surface area (Å²) in [5, 5.41) is 12.6. The van der Waals surface area contributed by atoms with Crippen LogP contribution in [-0.2, 0) is 4.79 Å². The molecule has 2 aromatic rings. The fourth-order valence-electron chi connectivity index (χ4n) is 4.95. The smallest absolute Gasteiger partial charge is 0.328 e. The predicted molar refractivity (Wildman–Crippen MR) is 123 cm³/mol. The van der Waals surface area contributed by atoms with Crippen LogP contribution in [0.25, 0.3) is 10.9 Å². The van der Waals surface area contributed by atoms with E-state index < -0.39 is 11.8 Å². The van der Waals surface area contributed by atoms with E-state index in [1.54, 1.807) is 19.2 Å².